The summed E-state index contributed by atoms with van der Waals surface area (Å²) in [4.78, 5) is 47.1. The zero-order valence-electron chi connectivity index (χ0n) is 10.0. The number of anilines is 1. The quantitative estimate of drug-likeness (QED) is 0.729. The van der Waals surface area contributed by atoms with Crippen molar-refractivity contribution in [2.24, 2.45) is 5.92 Å². The molecule has 1 atom stereocenters. The highest BCUT2D eigenvalue weighted by Crippen LogP contribution is 2.13. The number of rotatable bonds is 2. The predicted molar refractivity (Wildman–Crippen MR) is 64.9 cm³/mol. The Bertz CT molecular complexity index is 555. The van der Waals surface area contributed by atoms with Crippen molar-refractivity contribution in [3.05, 3.63) is 30.3 Å². The standard InChI is InChI=1S/C12H11N3O4/c1-15-11(18)8(10(17)14-12(15)19)9(16)13-7-5-3-2-4-6-7/h2-6,8H,1H3,(H,13,16)(H,14,17,19). The maximum atomic E-state index is 11.9. The molecule has 7 nitrogen and oxygen atoms in total. The maximum absolute atomic E-state index is 11.9. The van der Waals surface area contributed by atoms with Crippen LogP contribution in [0.15, 0.2) is 30.3 Å². The van der Waals surface area contributed by atoms with E-state index in [9.17, 15) is 19.2 Å². The van der Waals surface area contributed by atoms with Gasteiger partial charge in [0.05, 0.1) is 0 Å². The molecule has 5 amide bonds. The molecule has 1 saturated heterocycles. The molecule has 98 valence electrons. The molecule has 2 rings (SSSR count). The minimum atomic E-state index is -1.55. The lowest BCUT2D eigenvalue weighted by Crippen LogP contribution is -2.59. The molecule has 1 aliphatic heterocycles. The van der Waals surface area contributed by atoms with Gasteiger partial charge in [0, 0.05) is 12.7 Å². The zero-order chi connectivity index (χ0) is 14.0. The van der Waals surface area contributed by atoms with Gasteiger partial charge in [-0.2, -0.15) is 0 Å². The van der Waals surface area contributed by atoms with Gasteiger partial charge in [0.15, 0.2) is 5.92 Å². The molecule has 0 saturated carbocycles. The van der Waals surface area contributed by atoms with Crippen LogP contribution >= 0.6 is 0 Å². The number of hydrogen-bond acceptors (Lipinski definition) is 4. The Balaban J connectivity index is 2.16. The van der Waals surface area contributed by atoms with Gasteiger partial charge in [-0.15, -0.1) is 0 Å². The number of nitrogens with one attached hydrogen (secondary N) is 2. The number of amides is 5. The summed E-state index contributed by atoms with van der Waals surface area (Å²) in [6.07, 6.45) is 0. The van der Waals surface area contributed by atoms with E-state index >= 15 is 0 Å². The van der Waals surface area contributed by atoms with Gasteiger partial charge in [-0.1, -0.05) is 18.2 Å². The van der Waals surface area contributed by atoms with Crippen LogP contribution in [0.5, 0.6) is 0 Å². The Kier molecular flexibility index (Phi) is 3.28. The summed E-state index contributed by atoms with van der Waals surface area (Å²) in [7, 11) is 1.20. The fraction of sp³-hybridized carbons (Fsp3) is 0.167. The number of benzene rings is 1. The Labute approximate surface area is 108 Å². The third kappa shape index (κ3) is 2.44. The van der Waals surface area contributed by atoms with Crippen LogP contribution in [0.1, 0.15) is 0 Å². The molecule has 0 aromatic heterocycles. The zero-order valence-corrected chi connectivity index (χ0v) is 10.0. The number of imide groups is 2. The maximum Gasteiger partial charge on any atom is 0.330 e. The largest absolute Gasteiger partial charge is 0.330 e. The molecule has 1 fully saturated rings. The van der Waals surface area contributed by atoms with E-state index in [1.54, 1.807) is 30.3 Å². The Morgan fingerprint density at radius 1 is 1.21 bits per heavy atom. The second-order valence-electron chi connectivity index (χ2n) is 3.98. The summed E-state index contributed by atoms with van der Waals surface area (Å²) in [5.41, 5.74) is 0.465. The lowest BCUT2D eigenvalue weighted by Gasteiger charge is -2.26. The van der Waals surface area contributed by atoms with Crippen molar-refractivity contribution in [3.8, 4) is 0 Å². The number of para-hydroxylation sites is 1. The van der Waals surface area contributed by atoms with Crippen molar-refractivity contribution in [2.75, 3.05) is 12.4 Å². The van der Waals surface area contributed by atoms with E-state index in [0.29, 0.717) is 10.6 Å². The molecular weight excluding hydrogens is 250 g/mol. The van der Waals surface area contributed by atoms with E-state index in [4.69, 9.17) is 0 Å². The third-order valence-electron chi connectivity index (χ3n) is 2.68. The second kappa shape index (κ2) is 4.89. The molecule has 19 heavy (non-hydrogen) atoms. The van der Waals surface area contributed by atoms with Crippen LogP contribution in [0.25, 0.3) is 0 Å². The van der Waals surface area contributed by atoms with E-state index in [1.165, 1.54) is 7.05 Å². The minimum Gasteiger partial charge on any atom is -0.325 e. The molecule has 1 aliphatic rings. The van der Waals surface area contributed by atoms with Gasteiger partial charge in [-0.25, -0.2) is 4.79 Å². The highest BCUT2D eigenvalue weighted by molar-refractivity contribution is 6.28. The first-order valence-corrected chi connectivity index (χ1v) is 5.49. The van der Waals surface area contributed by atoms with Crippen molar-refractivity contribution < 1.29 is 19.2 Å². The summed E-state index contributed by atoms with van der Waals surface area (Å²) in [5.74, 6) is -4.08. The average Bonchev–Trinajstić information content (AvgIpc) is 2.37. The van der Waals surface area contributed by atoms with Crippen molar-refractivity contribution in [2.45, 2.75) is 0 Å². The van der Waals surface area contributed by atoms with Gasteiger partial charge in [0.1, 0.15) is 0 Å². The van der Waals surface area contributed by atoms with Crippen LogP contribution in [0.3, 0.4) is 0 Å². The summed E-state index contributed by atoms with van der Waals surface area (Å²) in [6, 6.07) is 7.58. The smallest absolute Gasteiger partial charge is 0.325 e. The molecule has 2 N–H and O–H groups in total. The number of urea groups is 1. The number of barbiturate groups is 1. The van der Waals surface area contributed by atoms with E-state index in [-0.39, 0.29) is 0 Å². The van der Waals surface area contributed by atoms with Gasteiger partial charge in [0.2, 0.25) is 11.8 Å². The average molecular weight is 261 g/mol. The van der Waals surface area contributed by atoms with Crippen LogP contribution in [-0.2, 0) is 14.4 Å². The van der Waals surface area contributed by atoms with E-state index < -0.39 is 29.7 Å². The Hall–Kier alpha value is -2.70. The monoisotopic (exact) mass is 261 g/mol. The van der Waals surface area contributed by atoms with Gasteiger partial charge in [0.25, 0.3) is 5.91 Å². The summed E-state index contributed by atoms with van der Waals surface area (Å²) in [5, 5.41) is 4.39. The highest BCUT2D eigenvalue weighted by Gasteiger charge is 2.43. The highest BCUT2D eigenvalue weighted by atomic mass is 16.2. The lowest BCUT2D eigenvalue weighted by atomic mass is 10.0. The van der Waals surface area contributed by atoms with Gasteiger partial charge >= 0.3 is 6.03 Å². The SMILES string of the molecule is CN1C(=O)NC(=O)C(C(=O)Nc2ccccc2)C1=O. The minimum absolute atomic E-state index is 0.465. The van der Waals surface area contributed by atoms with Crippen LogP contribution in [-0.4, -0.2) is 35.7 Å². The Morgan fingerprint density at radius 2 is 1.84 bits per heavy atom. The molecule has 1 unspecified atom stereocenters. The van der Waals surface area contributed by atoms with E-state index in [2.05, 4.69) is 5.32 Å². The fourth-order valence-corrected chi connectivity index (χ4v) is 1.63. The molecule has 1 heterocycles. The summed E-state index contributed by atoms with van der Waals surface area (Å²) < 4.78 is 0. The van der Waals surface area contributed by atoms with E-state index in [1.807, 2.05) is 5.32 Å². The lowest BCUT2D eigenvalue weighted by molar-refractivity contribution is -0.145. The van der Waals surface area contributed by atoms with Crippen molar-refractivity contribution in [1.82, 2.24) is 10.2 Å². The summed E-state index contributed by atoms with van der Waals surface area (Å²) in [6.45, 7) is 0. The van der Waals surface area contributed by atoms with Crippen molar-refractivity contribution >= 4 is 29.4 Å². The Morgan fingerprint density at radius 3 is 2.47 bits per heavy atom. The predicted octanol–water partition coefficient (Wildman–Crippen LogP) is -0.0505. The molecule has 0 spiro atoms. The van der Waals surface area contributed by atoms with Crippen molar-refractivity contribution in [1.29, 1.82) is 0 Å². The number of carbonyl (C=O) groups is 4. The second-order valence-corrected chi connectivity index (χ2v) is 3.98. The van der Waals surface area contributed by atoms with E-state index in [0.717, 1.165) is 0 Å². The first kappa shape index (κ1) is 12.7. The van der Waals surface area contributed by atoms with Crippen molar-refractivity contribution in [3.63, 3.8) is 0 Å². The fourth-order valence-electron chi connectivity index (χ4n) is 1.63. The third-order valence-corrected chi connectivity index (χ3v) is 2.68. The first-order chi connectivity index (χ1) is 9.00. The van der Waals surface area contributed by atoms with Crippen LogP contribution in [0.4, 0.5) is 10.5 Å². The molecule has 1 aromatic carbocycles. The number of hydrogen-bond donors (Lipinski definition) is 2. The van der Waals surface area contributed by atoms with Gasteiger partial charge in [-0.05, 0) is 12.1 Å². The molecule has 0 radical (unpaired) electrons. The van der Waals surface area contributed by atoms with Crippen LogP contribution < -0.4 is 10.6 Å². The van der Waals surface area contributed by atoms with Crippen LogP contribution in [0.2, 0.25) is 0 Å². The molecule has 0 aliphatic carbocycles. The molecular formula is C12H11N3O4. The van der Waals surface area contributed by atoms with Gasteiger partial charge < -0.3 is 5.32 Å². The van der Waals surface area contributed by atoms with Gasteiger partial charge in [-0.3, -0.25) is 24.6 Å². The summed E-state index contributed by atoms with van der Waals surface area (Å²) >= 11 is 0. The first-order valence-electron chi connectivity index (χ1n) is 5.49. The molecule has 0 bridgehead atoms. The molecule has 7 heteroatoms. The topological polar surface area (TPSA) is 95.6 Å². The normalized spacial score (nSPS) is 19.1. The molecule has 1 aromatic rings. The number of nitrogens with zero attached hydrogens (tertiary/aromatic N) is 1. The number of carbonyl (C=O) groups excluding carboxylic acids is 4. The van der Waals surface area contributed by atoms with Crippen LogP contribution in [0, 0.1) is 5.92 Å².